The van der Waals surface area contributed by atoms with Crippen LogP contribution in [0.1, 0.15) is 10.5 Å². The van der Waals surface area contributed by atoms with E-state index in [4.69, 9.17) is 69.6 Å². The molecular formula is C18H7Cl6NO. The smallest absolute Gasteiger partial charge is 0.169 e. The Morgan fingerprint density at radius 2 is 1.23 bits per heavy atom. The molecule has 0 saturated carbocycles. The Hall–Kier alpha value is -1.000. The van der Waals surface area contributed by atoms with E-state index in [1.165, 1.54) is 6.20 Å². The number of benzene rings is 2. The Labute approximate surface area is 179 Å². The van der Waals surface area contributed by atoms with E-state index < -0.39 is 0 Å². The molecule has 0 aliphatic rings. The number of carbonyl (C=O) groups excluding carboxylic acids is 1. The monoisotopic (exact) mass is 463 g/mol. The van der Waals surface area contributed by atoms with Gasteiger partial charge in [0.25, 0.3) is 0 Å². The summed E-state index contributed by atoms with van der Waals surface area (Å²) in [6, 6.07) is 8.04. The van der Waals surface area contributed by atoms with Gasteiger partial charge < -0.3 is 0 Å². The van der Waals surface area contributed by atoms with E-state index in [0.717, 1.165) is 0 Å². The minimum atomic E-state index is 0.147. The molecular weight excluding hydrogens is 459 g/mol. The van der Waals surface area contributed by atoms with E-state index >= 15 is 0 Å². The van der Waals surface area contributed by atoms with Crippen LogP contribution in [0.2, 0.25) is 30.1 Å². The molecule has 0 saturated heterocycles. The van der Waals surface area contributed by atoms with Crippen LogP contribution in [0.25, 0.3) is 22.3 Å². The molecule has 0 spiro atoms. The van der Waals surface area contributed by atoms with Crippen LogP contribution in [0.4, 0.5) is 0 Å². The summed E-state index contributed by atoms with van der Waals surface area (Å²) < 4.78 is 0. The number of nitrogens with zero attached hydrogens (tertiary/aromatic N) is 1. The number of carbonyl (C=O) groups is 1. The predicted octanol–water partition coefficient (Wildman–Crippen LogP) is 8.15. The SMILES string of the molecule is O=Cc1ncc(-c2c(Cl)ccc(Cl)c2Cl)cc1-c1c(Cl)ccc(Cl)c1Cl. The summed E-state index contributed by atoms with van der Waals surface area (Å²) in [7, 11) is 0. The van der Waals surface area contributed by atoms with Gasteiger partial charge in [0, 0.05) is 28.5 Å². The Kier molecular flexibility index (Phi) is 6.03. The second-order valence-electron chi connectivity index (χ2n) is 5.21. The normalized spacial score (nSPS) is 10.8. The summed E-state index contributed by atoms with van der Waals surface area (Å²) in [5, 5.41) is 1.83. The van der Waals surface area contributed by atoms with Crippen LogP contribution >= 0.6 is 69.6 Å². The van der Waals surface area contributed by atoms with Crippen LogP contribution in [-0.2, 0) is 0 Å². The van der Waals surface area contributed by atoms with Gasteiger partial charge in [-0.15, -0.1) is 0 Å². The van der Waals surface area contributed by atoms with Crippen molar-refractivity contribution in [3.8, 4) is 22.3 Å². The third kappa shape index (κ3) is 3.55. The minimum absolute atomic E-state index is 0.147. The maximum absolute atomic E-state index is 11.5. The van der Waals surface area contributed by atoms with E-state index in [-0.39, 0.29) is 15.7 Å². The number of rotatable bonds is 3. The van der Waals surface area contributed by atoms with Crippen molar-refractivity contribution < 1.29 is 4.79 Å². The van der Waals surface area contributed by atoms with Crippen molar-refractivity contribution in [2.75, 3.05) is 0 Å². The molecule has 2 nitrogen and oxygen atoms in total. The predicted molar refractivity (Wildman–Crippen MR) is 111 cm³/mol. The fourth-order valence-electron chi connectivity index (χ4n) is 2.47. The van der Waals surface area contributed by atoms with Gasteiger partial charge in [-0.05, 0) is 30.3 Å². The van der Waals surface area contributed by atoms with Crippen molar-refractivity contribution in [2.45, 2.75) is 0 Å². The quantitative estimate of drug-likeness (QED) is 0.288. The summed E-state index contributed by atoms with van der Waals surface area (Å²) in [5.41, 5.74) is 1.99. The molecule has 0 atom stereocenters. The van der Waals surface area contributed by atoms with Crippen molar-refractivity contribution in [2.24, 2.45) is 0 Å². The number of hydrogen-bond acceptors (Lipinski definition) is 2. The van der Waals surface area contributed by atoms with Gasteiger partial charge in [-0.2, -0.15) is 0 Å². The largest absolute Gasteiger partial charge is 0.296 e. The molecule has 1 aromatic heterocycles. The molecule has 0 bridgehead atoms. The molecule has 0 radical (unpaired) electrons. The van der Waals surface area contributed by atoms with Crippen molar-refractivity contribution >= 4 is 75.9 Å². The Bertz CT molecular complexity index is 1030. The van der Waals surface area contributed by atoms with Crippen LogP contribution in [0, 0.1) is 0 Å². The Morgan fingerprint density at radius 3 is 1.81 bits per heavy atom. The number of hydrogen-bond donors (Lipinski definition) is 0. The summed E-state index contributed by atoms with van der Waals surface area (Å²) in [4.78, 5) is 15.7. The molecule has 0 unspecified atom stereocenters. The molecule has 0 aliphatic carbocycles. The highest BCUT2D eigenvalue weighted by atomic mass is 35.5. The lowest BCUT2D eigenvalue weighted by atomic mass is 9.99. The molecule has 8 heteroatoms. The van der Waals surface area contributed by atoms with Gasteiger partial charge in [-0.25, -0.2) is 0 Å². The summed E-state index contributed by atoms with van der Waals surface area (Å²) >= 11 is 37.4. The molecule has 1 heterocycles. The van der Waals surface area contributed by atoms with E-state index in [2.05, 4.69) is 4.98 Å². The van der Waals surface area contributed by atoms with Crippen molar-refractivity contribution in [3.63, 3.8) is 0 Å². The molecule has 2 aromatic carbocycles. The molecule has 132 valence electrons. The van der Waals surface area contributed by atoms with Gasteiger partial charge in [0.1, 0.15) is 5.69 Å². The molecule has 0 fully saturated rings. The fourth-order valence-corrected chi connectivity index (χ4v) is 3.95. The third-order valence-corrected chi connectivity index (χ3v) is 5.91. The molecule has 3 rings (SSSR count). The number of aldehydes is 1. The lowest BCUT2D eigenvalue weighted by molar-refractivity contribution is 0.111. The first-order valence-electron chi connectivity index (χ1n) is 7.08. The molecule has 0 N–H and O–H groups in total. The van der Waals surface area contributed by atoms with Gasteiger partial charge in [0.15, 0.2) is 6.29 Å². The minimum Gasteiger partial charge on any atom is -0.296 e. The maximum Gasteiger partial charge on any atom is 0.169 e. The van der Waals surface area contributed by atoms with Gasteiger partial charge >= 0.3 is 0 Å². The zero-order chi connectivity index (χ0) is 19.0. The average Bonchev–Trinajstić information content (AvgIpc) is 2.62. The van der Waals surface area contributed by atoms with Crippen molar-refractivity contribution in [1.82, 2.24) is 4.98 Å². The van der Waals surface area contributed by atoms with E-state index in [1.54, 1.807) is 30.3 Å². The summed E-state index contributed by atoms with van der Waals surface area (Å²) in [6.07, 6.45) is 2.08. The van der Waals surface area contributed by atoms with Gasteiger partial charge in [0.05, 0.1) is 30.1 Å². The maximum atomic E-state index is 11.5. The first-order chi connectivity index (χ1) is 12.3. The number of pyridine rings is 1. The number of halogens is 6. The topological polar surface area (TPSA) is 30.0 Å². The molecule has 3 aromatic rings. The van der Waals surface area contributed by atoms with E-state index in [1.807, 2.05) is 0 Å². The van der Waals surface area contributed by atoms with Gasteiger partial charge in [-0.3, -0.25) is 9.78 Å². The van der Waals surface area contributed by atoms with Crippen molar-refractivity contribution in [1.29, 1.82) is 0 Å². The van der Waals surface area contributed by atoms with Crippen LogP contribution in [-0.4, -0.2) is 11.3 Å². The molecule has 26 heavy (non-hydrogen) atoms. The highest BCUT2D eigenvalue weighted by Crippen LogP contribution is 2.43. The Morgan fingerprint density at radius 1 is 0.731 bits per heavy atom. The summed E-state index contributed by atoms with van der Waals surface area (Å²) in [5.74, 6) is 0. The lowest BCUT2D eigenvalue weighted by Gasteiger charge is -2.14. The molecule has 0 aliphatic heterocycles. The van der Waals surface area contributed by atoms with Crippen LogP contribution in [0.15, 0.2) is 36.5 Å². The van der Waals surface area contributed by atoms with Gasteiger partial charge in [-0.1, -0.05) is 69.6 Å². The van der Waals surface area contributed by atoms with Crippen LogP contribution in [0.5, 0.6) is 0 Å². The lowest BCUT2D eigenvalue weighted by Crippen LogP contribution is -1.96. The van der Waals surface area contributed by atoms with E-state index in [9.17, 15) is 4.79 Å². The van der Waals surface area contributed by atoms with Crippen LogP contribution < -0.4 is 0 Å². The third-order valence-electron chi connectivity index (χ3n) is 3.68. The highest BCUT2D eigenvalue weighted by Gasteiger charge is 2.19. The number of aromatic nitrogens is 1. The highest BCUT2D eigenvalue weighted by molar-refractivity contribution is 6.47. The first-order valence-corrected chi connectivity index (χ1v) is 9.35. The van der Waals surface area contributed by atoms with Crippen LogP contribution in [0.3, 0.4) is 0 Å². The zero-order valence-corrected chi connectivity index (χ0v) is 17.2. The molecule has 0 amide bonds. The van der Waals surface area contributed by atoms with Crippen molar-refractivity contribution in [3.05, 3.63) is 72.4 Å². The Balaban J connectivity index is 2.34. The van der Waals surface area contributed by atoms with E-state index in [0.29, 0.717) is 48.6 Å². The first kappa shape index (κ1) is 19.8. The second-order valence-corrected chi connectivity index (χ2v) is 7.60. The average molecular weight is 466 g/mol. The zero-order valence-electron chi connectivity index (χ0n) is 12.7. The van der Waals surface area contributed by atoms with Gasteiger partial charge in [0.2, 0.25) is 0 Å². The standard InChI is InChI=1S/C18H7Cl6NO/c19-10-1-3-12(21)17(23)15(10)8-5-9(14(7-26)25-6-8)16-11(20)2-4-13(22)18(16)24/h1-7H. The second kappa shape index (κ2) is 7.93. The fraction of sp³-hybridized carbons (Fsp3) is 0. The summed E-state index contributed by atoms with van der Waals surface area (Å²) in [6.45, 7) is 0.